The van der Waals surface area contributed by atoms with E-state index in [9.17, 15) is 4.79 Å². The molecule has 0 bridgehead atoms. The summed E-state index contributed by atoms with van der Waals surface area (Å²) in [5.41, 5.74) is 4.60. The van der Waals surface area contributed by atoms with Gasteiger partial charge in [-0.1, -0.05) is 23.9 Å². The van der Waals surface area contributed by atoms with Crippen molar-refractivity contribution in [1.82, 2.24) is 20.0 Å². The van der Waals surface area contributed by atoms with Gasteiger partial charge in [0.15, 0.2) is 11.3 Å². The molecule has 0 saturated carbocycles. The minimum absolute atomic E-state index is 0.285. The Balaban J connectivity index is 1.36. The van der Waals surface area contributed by atoms with E-state index in [4.69, 9.17) is 4.52 Å². The average Bonchev–Trinajstić information content (AvgIpc) is 3.28. The number of carbonyl (C=O) groups excluding carboxylic acids is 1. The van der Waals surface area contributed by atoms with E-state index in [2.05, 4.69) is 61.3 Å². The van der Waals surface area contributed by atoms with E-state index in [0.717, 1.165) is 37.4 Å². The van der Waals surface area contributed by atoms with Gasteiger partial charge in [0, 0.05) is 48.8 Å². The van der Waals surface area contributed by atoms with Crippen LogP contribution in [0.2, 0.25) is 0 Å². The summed E-state index contributed by atoms with van der Waals surface area (Å²) in [7, 11) is 2.15. The molecule has 0 aliphatic carbocycles. The molecule has 1 amide bonds. The van der Waals surface area contributed by atoms with E-state index < -0.39 is 0 Å². The summed E-state index contributed by atoms with van der Waals surface area (Å²) in [5.74, 6) is 0.660. The maximum Gasteiger partial charge on any atom is 0.247 e. The smallest absolute Gasteiger partial charge is 0.247 e. The second-order valence-corrected chi connectivity index (χ2v) is 8.18. The summed E-state index contributed by atoms with van der Waals surface area (Å²) < 4.78 is 5.56. The minimum Gasteiger partial charge on any atom is -0.369 e. The molecule has 0 spiro atoms. The lowest BCUT2D eigenvalue weighted by Gasteiger charge is -2.34. The Morgan fingerprint density at radius 2 is 1.88 bits per heavy atom. The van der Waals surface area contributed by atoms with Crippen LogP contribution in [-0.2, 0) is 4.79 Å². The summed E-state index contributed by atoms with van der Waals surface area (Å²) in [5, 5.41) is 10.1. The van der Waals surface area contributed by atoms with Crippen molar-refractivity contribution in [2.75, 3.05) is 48.8 Å². The van der Waals surface area contributed by atoms with Gasteiger partial charge in [-0.15, -0.1) is 0 Å². The third kappa shape index (κ3) is 4.60. The predicted octanol–water partition coefficient (Wildman–Crippen LogP) is 3.90. The van der Waals surface area contributed by atoms with Crippen LogP contribution in [0.25, 0.3) is 22.4 Å². The van der Waals surface area contributed by atoms with Gasteiger partial charge in [-0.2, -0.15) is 0 Å². The van der Waals surface area contributed by atoms with Crippen LogP contribution >= 0.6 is 0 Å². The van der Waals surface area contributed by atoms with Crippen molar-refractivity contribution in [3.63, 3.8) is 0 Å². The van der Waals surface area contributed by atoms with E-state index in [1.54, 1.807) is 18.3 Å². The van der Waals surface area contributed by atoms with Gasteiger partial charge in [0.2, 0.25) is 11.9 Å². The number of fused-ring (bicyclic) bond motifs is 1. The van der Waals surface area contributed by atoms with E-state index >= 15 is 0 Å². The number of piperazine rings is 1. The Labute approximate surface area is 197 Å². The molecule has 1 fully saturated rings. The molecule has 2 N–H and O–H groups in total. The van der Waals surface area contributed by atoms with Crippen molar-refractivity contribution in [3.05, 3.63) is 67.4 Å². The molecule has 1 saturated heterocycles. The fraction of sp³-hybridized carbons (Fsp3) is 0.200. The number of amides is 1. The maximum atomic E-state index is 11.6. The number of nitrogens with one attached hydrogen (secondary N) is 2. The van der Waals surface area contributed by atoms with Gasteiger partial charge < -0.3 is 25.0 Å². The van der Waals surface area contributed by atoms with Gasteiger partial charge in [0.25, 0.3) is 0 Å². The summed E-state index contributed by atoms with van der Waals surface area (Å²) in [4.78, 5) is 25.4. The first kappa shape index (κ1) is 21.6. The van der Waals surface area contributed by atoms with Gasteiger partial charge in [-0.25, -0.2) is 9.97 Å². The predicted molar refractivity (Wildman–Crippen MR) is 133 cm³/mol. The number of anilines is 4. The Hall–Kier alpha value is -4.24. The molecule has 1 aliphatic rings. The standard InChI is InChI=1S/C25H25N7O2/c1-3-22(33)27-19-6-4-5-17(15-19)24-23-21(30-34-24)16-26-25(29-23)28-18-7-9-20(10-8-18)32-13-11-31(2)12-14-32/h3-10,15-16H,1,11-14H2,2H3,(H,27,33)(H,28,29). The third-order valence-corrected chi connectivity index (χ3v) is 5.79. The minimum atomic E-state index is -0.285. The Bertz CT molecular complexity index is 1320. The first-order valence-corrected chi connectivity index (χ1v) is 11.1. The van der Waals surface area contributed by atoms with Crippen LogP contribution in [0, 0.1) is 0 Å². The Morgan fingerprint density at radius 1 is 1.09 bits per heavy atom. The lowest BCUT2D eigenvalue weighted by molar-refractivity contribution is -0.111. The number of hydrogen-bond donors (Lipinski definition) is 2. The van der Waals surface area contributed by atoms with Crippen molar-refractivity contribution in [2.24, 2.45) is 0 Å². The second-order valence-electron chi connectivity index (χ2n) is 8.18. The molecule has 5 rings (SSSR count). The van der Waals surface area contributed by atoms with Crippen molar-refractivity contribution < 1.29 is 9.32 Å². The molecule has 0 atom stereocenters. The summed E-state index contributed by atoms with van der Waals surface area (Å²) >= 11 is 0. The van der Waals surface area contributed by atoms with Gasteiger partial charge in [0.1, 0.15) is 5.52 Å². The number of likely N-dealkylation sites (N-methyl/N-ethyl adjacent to an activating group) is 1. The molecule has 9 nitrogen and oxygen atoms in total. The molecule has 34 heavy (non-hydrogen) atoms. The molecular formula is C25H25N7O2. The van der Waals surface area contributed by atoms with Crippen molar-refractivity contribution in [1.29, 1.82) is 0 Å². The molecule has 0 unspecified atom stereocenters. The van der Waals surface area contributed by atoms with Crippen LogP contribution in [0.15, 0.2) is 71.9 Å². The topological polar surface area (TPSA) is 99.4 Å². The number of carbonyl (C=O) groups is 1. The molecule has 2 aromatic carbocycles. The average molecular weight is 456 g/mol. The normalized spacial score (nSPS) is 14.2. The van der Waals surface area contributed by atoms with Gasteiger partial charge in [0.05, 0.1) is 6.20 Å². The van der Waals surface area contributed by atoms with Crippen LogP contribution in [0.5, 0.6) is 0 Å². The second kappa shape index (κ2) is 9.32. The maximum absolute atomic E-state index is 11.6. The SMILES string of the molecule is C=CC(=O)Nc1cccc(-c2onc3cnc(Nc4ccc(N5CCN(C)CC5)cc4)nc23)c1. The highest BCUT2D eigenvalue weighted by atomic mass is 16.5. The number of hydrogen-bond acceptors (Lipinski definition) is 8. The van der Waals surface area contributed by atoms with E-state index in [-0.39, 0.29) is 5.91 Å². The monoisotopic (exact) mass is 455 g/mol. The van der Waals surface area contributed by atoms with Crippen molar-refractivity contribution in [3.8, 4) is 11.3 Å². The molecule has 4 aromatic rings. The van der Waals surface area contributed by atoms with E-state index in [0.29, 0.717) is 28.4 Å². The first-order chi connectivity index (χ1) is 16.6. The van der Waals surface area contributed by atoms with Crippen LogP contribution in [0.1, 0.15) is 0 Å². The van der Waals surface area contributed by atoms with E-state index in [1.807, 2.05) is 24.3 Å². The summed E-state index contributed by atoms with van der Waals surface area (Å²) in [6.45, 7) is 7.66. The number of benzene rings is 2. The third-order valence-electron chi connectivity index (χ3n) is 5.79. The van der Waals surface area contributed by atoms with Crippen LogP contribution in [-0.4, -0.2) is 59.2 Å². The Kier molecular flexibility index (Phi) is 5.92. The zero-order chi connectivity index (χ0) is 23.5. The lowest BCUT2D eigenvalue weighted by atomic mass is 10.1. The largest absolute Gasteiger partial charge is 0.369 e. The number of aromatic nitrogens is 3. The zero-order valence-electron chi connectivity index (χ0n) is 18.9. The molecule has 2 aromatic heterocycles. The van der Waals surface area contributed by atoms with Crippen LogP contribution in [0.3, 0.4) is 0 Å². The quantitative estimate of drug-likeness (QED) is 0.422. The summed E-state index contributed by atoms with van der Waals surface area (Å²) in [6, 6.07) is 15.6. The molecule has 1 aliphatic heterocycles. The van der Waals surface area contributed by atoms with Crippen LogP contribution < -0.4 is 15.5 Å². The fourth-order valence-electron chi connectivity index (χ4n) is 3.88. The van der Waals surface area contributed by atoms with Gasteiger partial charge in [-0.3, -0.25) is 4.79 Å². The van der Waals surface area contributed by atoms with Crippen LogP contribution in [0.4, 0.5) is 23.0 Å². The molecular weight excluding hydrogens is 430 g/mol. The van der Waals surface area contributed by atoms with E-state index in [1.165, 1.54) is 11.8 Å². The molecule has 172 valence electrons. The Morgan fingerprint density at radius 3 is 2.65 bits per heavy atom. The fourth-order valence-corrected chi connectivity index (χ4v) is 3.88. The lowest BCUT2D eigenvalue weighted by Crippen LogP contribution is -2.44. The zero-order valence-corrected chi connectivity index (χ0v) is 18.9. The van der Waals surface area contributed by atoms with Gasteiger partial charge in [-0.05, 0) is 49.5 Å². The summed E-state index contributed by atoms with van der Waals surface area (Å²) in [6.07, 6.45) is 2.85. The first-order valence-electron chi connectivity index (χ1n) is 11.1. The number of rotatable bonds is 6. The highest BCUT2D eigenvalue weighted by Crippen LogP contribution is 2.30. The molecule has 9 heteroatoms. The molecule has 0 radical (unpaired) electrons. The number of nitrogens with zero attached hydrogens (tertiary/aromatic N) is 5. The highest BCUT2D eigenvalue weighted by molar-refractivity contribution is 5.99. The van der Waals surface area contributed by atoms with Crippen molar-refractivity contribution in [2.45, 2.75) is 0 Å². The van der Waals surface area contributed by atoms with Gasteiger partial charge >= 0.3 is 0 Å². The molecule has 3 heterocycles. The van der Waals surface area contributed by atoms with Crippen molar-refractivity contribution >= 4 is 40.0 Å². The highest BCUT2D eigenvalue weighted by Gasteiger charge is 2.16.